The molecule has 3 rings (SSSR count). The van der Waals surface area contributed by atoms with E-state index in [2.05, 4.69) is 20.5 Å². The van der Waals surface area contributed by atoms with Crippen molar-refractivity contribution in [2.24, 2.45) is 0 Å². The van der Waals surface area contributed by atoms with E-state index in [1.807, 2.05) is 50.2 Å². The SMILES string of the molecule is Cc1ccc(Nc2nnc(Cc3ccccc3Cl)c(=O)[nH]2)cc1C. The van der Waals surface area contributed by atoms with Crippen LogP contribution in [0.4, 0.5) is 11.6 Å². The van der Waals surface area contributed by atoms with Gasteiger partial charge in [0.25, 0.3) is 5.56 Å². The number of aryl methyl sites for hydroxylation is 2. The zero-order valence-electron chi connectivity index (χ0n) is 13.4. The van der Waals surface area contributed by atoms with Gasteiger partial charge in [0.2, 0.25) is 5.95 Å². The van der Waals surface area contributed by atoms with E-state index in [1.165, 1.54) is 5.56 Å². The van der Waals surface area contributed by atoms with Crippen LogP contribution in [0.2, 0.25) is 5.02 Å². The molecule has 0 fully saturated rings. The van der Waals surface area contributed by atoms with E-state index in [4.69, 9.17) is 11.6 Å². The molecule has 0 aliphatic rings. The van der Waals surface area contributed by atoms with Crippen LogP contribution in [-0.2, 0) is 6.42 Å². The van der Waals surface area contributed by atoms with Crippen LogP contribution in [0.5, 0.6) is 0 Å². The molecule has 0 spiro atoms. The van der Waals surface area contributed by atoms with Crippen molar-refractivity contribution < 1.29 is 0 Å². The minimum absolute atomic E-state index is 0.281. The Labute approximate surface area is 144 Å². The molecular formula is C18H17ClN4O. The molecule has 0 radical (unpaired) electrons. The molecule has 5 nitrogen and oxygen atoms in total. The first-order chi connectivity index (χ1) is 11.5. The quantitative estimate of drug-likeness (QED) is 0.758. The Morgan fingerprint density at radius 1 is 1.08 bits per heavy atom. The first-order valence-corrected chi connectivity index (χ1v) is 7.94. The second-order valence-electron chi connectivity index (χ2n) is 5.64. The predicted octanol–water partition coefficient (Wildman–Crippen LogP) is 3.77. The molecule has 1 aromatic heterocycles. The van der Waals surface area contributed by atoms with Gasteiger partial charge >= 0.3 is 0 Å². The highest BCUT2D eigenvalue weighted by Crippen LogP contribution is 2.18. The number of benzene rings is 2. The Hall–Kier alpha value is -2.66. The van der Waals surface area contributed by atoms with E-state index >= 15 is 0 Å². The molecule has 6 heteroatoms. The standard InChI is InChI=1S/C18H17ClN4O/c1-11-7-8-14(9-12(11)2)20-18-21-17(24)16(22-23-18)10-13-5-3-4-6-15(13)19/h3-9H,10H2,1-2H3,(H2,20,21,23,24). The van der Waals surface area contributed by atoms with Gasteiger partial charge in [0, 0.05) is 17.1 Å². The van der Waals surface area contributed by atoms with Gasteiger partial charge in [-0.1, -0.05) is 35.9 Å². The third-order valence-electron chi connectivity index (χ3n) is 3.85. The summed E-state index contributed by atoms with van der Waals surface area (Å²) in [5.74, 6) is 0.311. The van der Waals surface area contributed by atoms with Crippen LogP contribution in [0.3, 0.4) is 0 Å². The summed E-state index contributed by atoms with van der Waals surface area (Å²) in [6.45, 7) is 4.08. The lowest BCUT2D eigenvalue weighted by atomic mass is 10.1. The van der Waals surface area contributed by atoms with Gasteiger partial charge in [-0.2, -0.15) is 0 Å². The lowest BCUT2D eigenvalue weighted by molar-refractivity contribution is 0.874. The number of aromatic amines is 1. The number of rotatable bonds is 4. The molecule has 122 valence electrons. The highest BCUT2D eigenvalue weighted by molar-refractivity contribution is 6.31. The second kappa shape index (κ2) is 6.84. The van der Waals surface area contributed by atoms with Crippen LogP contribution in [0.25, 0.3) is 0 Å². The maximum atomic E-state index is 12.2. The third kappa shape index (κ3) is 3.63. The Morgan fingerprint density at radius 3 is 2.58 bits per heavy atom. The smallest absolute Gasteiger partial charge is 0.274 e. The molecule has 0 unspecified atom stereocenters. The first-order valence-electron chi connectivity index (χ1n) is 7.56. The van der Waals surface area contributed by atoms with Gasteiger partial charge in [0.1, 0.15) is 5.69 Å². The average Bonchev–Trinajstić information content (AvgIpc) is 2.55. The molecule has 0 saturated carbocycles. The number of anilines is 2. The number of halogens is 1. The van der Waals surface area contributed by atoms with Crippen molar-refractivity contribution in [3.05, 3.63) is 80.2 Å². The van der Waals surface area contributed by atoms with E-state index < -0.39 is 0 Å². The second-order valence-corrected chi connectivity index (χ2v) is 6.05. The maximum absolute atomic E-state index is 12.2. The zero-order chi connectivity index (χ0) is 17.1. The van der Waals surface area contributed by atoms with Gasteiger partial charge in [-0.05, 0) is 48.7 Å². The van der Waals surface area contributed by atoms with Gasteiger partial charge in [0.15, 0.2) is 0 Å². The van der Waals surface area contributed by atoms with Crippen molar-refractivity contribution in [3.8, 4) is 0 Å². The highest BCUT2D eigenvalue weighted by atomic mass is 35.5. The van der Waals surface area contributed by atoms with Gasteiger partial charge in [-0.15, -0.1) is 10.2 Å². The number of nitrogens with one attached hydrogen (secondary N) is 2. The van der Waals surface area contributed by atoms with Crippen LogP contribution in [0, 0.1) is 13.8 Å². The summed E-state index contributed by atoms with van der Waals surface area (Å²) in [5, 5.41) is 11.8. The fourth-order valence-corrected chi connectivity index (χ4v) is 2.51. The minimum Gasteiger partial charge on any atom is -0.324 e. The van der Waals surface area contributed by atoms with Gasteiger partial charge in [-0.25, -0.2) is 0 Å². The number of hydrogen-bond acceptors (Lipinski definition) is 4. The minimum atomic E-state index is -0.281. The van der Waals surface area contributed by atoms with Gasteiger partial charge in [-0.3, -0.25) is 9.78 Å². The summed E-state index contributed by atoms with van der Waals surface area (Å²) < 4.78 is 0. The van der Waals surface area contributed by atoms with E-state index in [-0.39, 0.29) is 5.56 Å². The zero-order valence-corrected chi connectivity index (χ0v) is 14.2. The fourth-order valence-electron chi connectivity index (χ4n) is 2.31. The molecule has 2 aromatic carbocycles. The number of aromatic nitrogens is 3. The summed E-state index contributed by atoms with van der Waals surface area (Å²) in [6.07, 6.45) is 0.339. The van der Waals surface area contributed by atoms with E-state index in [0.29, 0.717) is 23.1 Å². The predicted molar refractivity (Wildman–Crippen MR) is 96.1 cm³/mol. The summed E-state index contributed by atoms with van der Waals surface area (Å²) in [5.41, 5.74) is 4.10. The molecule has 0 bridgehead atoms. The van der Waals surface area contributed by atoms with Crippen molar-refractivity contribution in [1.29, 1.82) is 0 Å². The molecule has 1 heterocycles. The summed E-state index contributed by atoms with van der Waals surface area (Å²) in [7, 11) is 0. The average molecular weight is 341 g/mol. The van der Waals surface area contributed by atoms with Gasteiger partial charge < -0.3 is 5.32 Å². The van der Waals surface area contributed by atoms with E-state index in [1.54, 1.807) is 6.07 Å². The number of hydrogen-bond donors (Lipinski definition) is 2. The molecule has 24 heavy (non-hydrogen) atoms. The van der Waals surface area contributed by atoms with Crippen LogP contribution < -0.4 is 10.9 Å². The summed E-state index contributed by atoms with van der Waals surface area (Å²) in [6, 6.07) is 13.3. The number of nitrogens with zero attached hydrogens (tertiary/aromatic N) is 2. The van der Waals surface area contributed by atoms with E-state index in [0.717, 1.165) is 16.8 Å². The van der Waals surface area contributed by atoms with Crippen LogP contribution >= 0.6 is 11.6 Å². The molecular weight excluding hydrogens is 324 g/mol. The fraction of sp³-hybridized carbons (Fsp3) is 0.167. The highest BCUT2D eigenvalue weighted by Gasteiger charge is 2.08. The van der Waals surface area contributed by atoms with Crippen molar-refractivity contribution in [2.75, 3.05) is 5.32 Å². The normalized spacial score (nSPS) is 10.6. The topological polar surface area (TPSA) is 70.7 Å². The molecule has 0 atom stereocenters. The van der Waals surface area contributed by atoms with Crippen LogP contribution in [-0.4, -0.2) is 15.2 Å². The van der Waals surface area contributed by atoms with Crippen molar-refractivity contribution in [1.82, 2.24) is 15.2 Å². The Balaban J connectivity index is 1.81. The van der Waals surface area contributed by atoms with Crippen molar-refractivity contribution in [2.45, 2.75) is 20.3 Å². The monoisotopic (exact) mass is 340 g/mol. The van der Waals surface area contributed by atoms with Crippen molar-refractivity contribution >= 4 is 23.2 Å². The molecule has 2 N–H and O–H groups in total. The Morgan fingerprint density at radius 2 is 1.88 bits per heavy atom. The molecule has 0 aliphatic heterocycles. The Kier molecular flexibility index (Phi) is 4.62. The van der Waals surface area contributed by atoms with Crippen molar-refractivity contribution in [3.63, 3.8) is 0 Å². The van der Waals surface area contributed by atoms with Gasteiger partial charge in [0.05, 0.1) is 0 Å². The van der Waals surface area contributed by atoms with Crippen LogP contribution in [0.15, 0.2) is 47.3 Å². The lowest BCUT2D eigenvalue weighted by Gasteiger charge is -2.08. The summed E-state index contributed by atoms with van der Waals surface area (Å²) in [4.78, 5) is 14.9. The summed E-state index contributed by atoms with van der Waals surface area (Å²) >= 11 is 6.12. The van der Waals surface area contributed by atoms with Crippen LogP contribution in [0.1, 0.15) is 22.4 Å². The molecule has 3 aromatic rings. The Bertz CT molecular complexity index is 936. The maximum Gasteiger partial charge on any atom is 0.274 e. The molecule has 0 aliphatic carbocycles. The first kappa shape index (κ1) is 16.2. The lowest BCUT2D eigenvalue weighted by Crippen LogP contribution is -2.19. The molecule has 0 saturated heterocycles. The van der Waals surface area contributed by atoms with E-state index in [9.17, 15) is 4.79 Å². The molecule has 0 amide bonds. The largest absolute Gasteiger partial charge is 0.324 e. The third-order valence-corrected chi connectivity index (χ3v) is 4.22. The number of H-pyrrole nitrogens is 1.